The molecule has 0 aromatic carbocycles. The van der Waals surface area contributed by atoms with Crippen molar-refractivity contribution in [3.63, 3.8) is 0 Å². The summed E-state index contributed by atoms with van der Waals surface area (Å²) in [5, 5.41) is 0.820. The van der Waals surface area contributed by atoms with Crippen molar-refractivity contribution in [2.75, 3.05) is 0 Å². The van der Waals surface area contributed by atoms with Crippen LogP contribution in [0.25, 0.3) is 0 Å². The van der Waals surface area contributed by atoms with E-state index in [1.165, 1.54) is 0 Å². The second-order valence-electron chi connectivity index (χ2n) is 6.83. The Morgan fingerprint density at radius 2 is 1.80 bits per heavy atom. The van der Waals surface area contributed by atoms with Crippen LogP contribution >= 0.6 is 0 Å². The van der Waals surface area contributed by atoms with Gasteiger partial charge in [0.05, 0.1) is 13.3 Å². The van der Waals surface area contributed by atoms with Gasteiger partial charge in [-0.15, -0.1) is 6.58 Å². The number of esters is 1. The molecule has 0 bridgehead atoms. The Hall–Kier alpha value is -1.03. The quantitative estimate of drug-likeness (QED) is 0.299. The molecule has 0 spiro atoms. The molecule has 114 valence electrons. The molecule has 0 aliphatic carbocycles. The number of hydrogen-bond acceptors (Lipinski definition) is 3. The van der Waals surface area contributed by atoms with Gasteiger partial charge in [0.15, 0.2) is 0 Å². The molecule has 3 nitrogen and oxygen atoms in total. The maximum Gasteiger partial charge on any atom is 0.336 e. The van der Waals surface area contributed by atoms with Gasteiger partial charge in [-0.1, -0.05) is 32.1 Å². The topological polar surface area (TPSA) is 35.5 Å². The van der Waals surface area contributed by atoms with E-state index < -0.39 is 13.9 Å². The predicted octanol–water partition coefficient (Wildman–Crippen LogP) is 4.56. The van der Waals surface area contributed by atoms with E-state index in [1.807, 2.05) is 6.08 Å². The zero-order chi connectivity index (χ0) is 15.4. The third-order valence-corrected chi connectivity index (χ3v) is 5.24. The van der Waals surface area contributed by atoms with Crippen molar-refractivity contribution in [2.24, 2.45) is 0 Å². The smallest absolute Gasteiger partial charge is 0.336 e. The highest BCUT2D eigenvalue weighted by Gasteiger charge is 2.40. The standard InChI is InChI=1S/C16H28O3Si/c1-7-8-9-10-11-12-13-14(20(4,5)6)15(17)19-16(2,3)18-13/h7H,1,8-12H2,2-6H3. The SMILES string of the molecule is C=CCCCCCC1=C([Si](C)(C)C)C(=O)OC(C)(C)O1. The molecule has 1 rings (SSSR count). The molecule has 0 aromatic rings. The Morgan fingerprint density at radius 1 is 1.15 bits per heavy atom. The lowest BCUT2D eigenvalue weighted by molar-refractivity contribution is -0.207. The lowest BCUT2D eigenvalue weighted by Gasteiger charge is -2.36. The molecule has 0 fully saturated rings. The summed E-state index contributed by atoms with van der Waals surface area (Å²) < 4.78 is 11.3. The minimum absolute atomic E-state index is 0.179. The molecule has 1 aliphatic rings. The first-order chi connectivity index (χ1) is 9.17. The lowest BCUT2D eigenvalue weighted by atomic mass is 10.1. The highest BCUT2D eigenvalue weighted by atomic mass is 28.3. The number of ether oxygens (including phenoxy) is 2. The minimum atomic E-state index is -1.76. The maximum absolute atomic E-state index is 12.3. The van der Waals surface area contributed by atoms with Crippen molar-refractivity contribution < 1.29 is 14.3 Å². The molecule has 0 saturated carbocycles. The van der Waals surface area contributed by atoms with E-state index >= 15 is 0 Å². The number of allylic oxidation sites excluding steroid dienone is 2. The van der Waals surface area contributed by atoms with Crippen LogP contribution in [0.4, 0.5) is 0 Å². The van der Waals surface area contributed by atoms with Crippen LogP contribution in [-0.2, 0) is 14.3 Å². The summed E-state index contributed by atoms with van der Waals surface area (Å²) in [6.45, 7) is 13.8. The summed E-state index contributed by atoms with van der Waals surface area (Å²) in [5.74, 6) is -0.151. The lowest BCUT2D eigenvalue weighted by Crippen LogP contribution is -2.43. The molecule has 0 saturated heterocycles. The van der Waals surface area contributed by atoms with Gasteiger partial charge in [-0.2, -0.15) is 0 Å². The minimum Gasteiger partial charge on any atom is -0.457 e. The molecule has 4 heteroatoms. The van der Waals surface area contributed by atoms with Gasteiger partial charge in [-0.25, -0.2) is 4.79 Å². The molecular formula is C16H28O3Si. The number of rotatable bonds is 7. The van der Waals surface area contributed by atoms with Crippen LogP contribution in [0, 0.1) is 0 Å². The first-order valence-corrected chi connectivity index (χ1v) is 10.9. The Bertz CT molecular complexity index is 402. The van der Waals surface area contributed by atoms with Crippen molar-refractivity contribution >= 4 is 14.0 Å². The fourth-order valence-corrected chi connectivity index (χ4v) is 4.08. The predicted molar refractivity (Wildman–Crippen MR) is 84.9 cm³/mol. The zero-order valence-corrected chi connectivity index (χ0v) is 14.5. The van der Waals surface area contributed by atoms with Crippen LogP contribution in [-0.4, -0.2) is 19.8 Å². The monoisotopic (exact) mass is 296 g/mol. The van der Waals surface area contributed by atoms with Crippen LogP contribution in [0.15, 0.2) is 23.6 Å². The van der Waals surface area contributed by atoms with Gasteiger partial charge < -0.3 is 9.47 Å². The van der Waals surface area contributed by atoms with E-state index in [0.29, 0.717) is 0 Å². The van der Waals surface area contributed by atoms with E-state index in [1.54, 1.807) is 13.8 Å². The summed E-state index contributed by atoms with van der Waals surface area (Å²) in [7, 11) is -1.76. The van der Waals surface area contributed by atoms with E-state index in [4.69, 9.17) is 9.47 Å². The van der Waals surface area contributed by atoms with Gasteiger partial charge in [-0.3, -0.25) is 0 Å². The number of carbonyl (C=O) groups excluding carboxylic acids is 1. The first kappa shape index (κ1) is 17.0. The highest BCUT2D eigenvalue weighted by Crippen LogP contribution is 2.34. The third-order valence-electron chi connectivity index (χ3n) is 3.25. The van der Waals surface area contributed by atoms with E-state index in [9.17, 15) is 4.79 Å². The summed E-state index contributed by atoms with van der Waals surface area (Å²) in [6.07, 6.45) is 7.15. The van der Waals surface area contributed by atoms with Crippen LogP contribution in [0.1, 0.15) is 46.0 Å². The normalized spacial score (nSPS) is 18.6. The van der Waals surface area contributed by atoms with Crippen molar-refractivity contribution in [2.45, 2.75) is 71.4 Å². The average Bonchev–Trinajstić information content (AvgIpc) is 2.24. The molecule has 0 aromatic heterocycles. The van der Waals surface area contributed by atoms with Crippen molar-refractivity contribution in [1.82, 2.24) is 0 Å². The van der Waals surface area contributed by atoms with Crippen LogP contribution in [0.5, 0.6) is 0 Å². The van der Waals surface area contributed by atoms with Gasteiger partial charge in [0, 0.05) is 20.3 Å². The fourth-order valence-electron chi connectivity index (χ4n) is 2.41. The van der Waals surface area contributed by atoms with Crippen LogP contribution < -0.4 is 0 Å². The maximum atomic E-state index is 12.3. The molecule has 20 heavy (non-hydrogen) atoms. The van der Waals surface area contributed by atoms with Crippen LogP contribution in [0.2, 0.25) is 19.6 Å². The molecule has 0 unspecified atom stereocenters. The second kappa shape index (κ2) is 6.61. The number of unbranched alkanes of at least 4 members (excludes halogenated alkanes) is 3. The van der Waals surface area contributed by atoms with Gasteiger partial charge in [0.1, 0.15) is 5.76 Å². The van der Waals surface area contributed by atoms with Crippen molar-refractivity contribution in [3.05, 3.63) is 23.6 Å². The summed E-state index contributed by atoms with van der Waals surface area (Å²) in [4.78, 5) is 12.3. The highest BCUT2D eigenvalue weighted by molar-refractivity contribution is 6.87. The van der Waals surface area contributed by atoms with E-state index in [2.05, 4.69) is 26.2 Å². The van der Waals surface area contributed by atoms with Gasteiger partial charge in [0.2, 0.25) is 5.79 Å². The average molecular weight is 296 g/mol. The van der Waals surface area contributed by atoms with Crippen molar-refractivity contribution in [3.8, 4) is 0 Å². The Balaban J connectivity index is 2.82. The second-order valence-corrected chi connectivity index (χ2v) is 11.8. The Morgan fingerprint density at radius 3 is 2.35 bits per heavy atom. The molecule has 0 amide bonds. The molecular weight excluding hydrogens is 268 g/mol. The zero-order valence-electron chi connectivity index (χ0n) is 13.5. The van der Waals surface area contributed by atoms with Gasteiger partial charge in [-0.05, 0) is 19.3 Å². The Labute approximate surface area is 124 Å². The van der Waals surface area contributed by atoms with Crippen molar-refractivity contribution in [1.29, 1.82) is 0 Å². The number of hydrogen-bond donors (Lipinski definition) is 0. The summed E-state index contributed by atoms with van der Waals surface area (Å²) in [6, 6.07) is 0. The molecule has 0 N–H and O–H groups in total. The third kappa shape index (κ3) is 4.82. The van der Waals surface area contributed by atoms with E-state index in [0.717, 1.165) is 43.1 Å². The van der Waals surface area contributed by atoms with Gasteiger partial charge in [0.25, 0.3) is 0 Å². The molecule has 0 radical (unpaired) electrons. The molecule has 1 heterocycles. The summed E-state index contributed by atoms with van der Waals surface area (Å²) >= 11 is 0. The number of carbonyl (C=O) groups is 1. The van der Waals surface area contributed by atoms with Crippen LogP contribution in [0.3, 0.4) is 0 Å². The molecule has 1 aliphatic heterocycles. The largest absolute Gasteiger partial charge is 0.457 e. The Kier molecular flexibility index (Phi) is 5.63. The summed E-state index contributed by atoms with van der Waals surface area (Å²) in [5.41, 5.74) is 0. The number of cyclic esters (lactones) is 1. The molecule has 0 atom stereocenters. The van der Waals surface area contributed by atoms with Gasteiger partial charge >= 0.3 is 5.97 Å². The van der Waals surface area contributed by atoms with E-state index in [-0.39, 0.29) is 5.97 Å². The first-order valence-electron chi connectivity index (χ1n) is 7.44. The fraction of sp³-hybridized carbons (Fsp3) is 0.688.